The topological polar surface area (TPSA) is 75.7 Å². The third kappa shape index (κ3) is 4.49. The lowest BCUT2D eigenvalue weighted by molar-refractivity contribution is -0.129. The molecule has 1 amide bonds. The highest BCUT2D eigenvalue weighted by Crippen LogP contribution is 2.19. The number of anilines is 1. The van der Waals surface area contributed by atoms with Crippen molar-refractivity contribution >= 4 is 21.6 Å². The molecular formula is C14H19FN2O4S. The van der Waals surface area contributed by atoms with Crippen LogP contribution in [-0.4, -0.2) is 45.9 Å². The number of benzene rings is 1. The zero-order valence-corrected chi connectivity index (χ0v) is 13.1. The van der Waals surface area contributed by atoms with Crippen LogP contribution in [0, 0.1) is 5.82 Å². The lowest BCUT2D eigenvalue weighted by Gasteiger charge is -2.32. The van der Waals surface area contributed by atoms with E-state index in [0.29, 0.717) is 12.1 Å². The fraction of sp³-hybridized carbons (Fsp3) is 0.500. The molecule has 0 spiro atoms. The van der Waals surface area contributed by atoms with E-state index in [9.17, 15) is 17.6 Å². The van der Waals surface area contributed by atoms with E-state index in [2.05, 4.69) is 4.72 Å². The van der Waals surface area contributed by atoms with E-state index in [-0.39, 0.29) is 37.2 Å². The molecule has 0 bridgehead atoms. The van der Waals surface area contributed by atoms with Crippen molar-refractivity contribution < 1.29 is 22.3 Å². The molecule has 2 rings (SSSR count). The first-order chi connectivity index (χ1) is 10.4. The minimum Gasteiger partial charge on any atom is -0.365 e. The highest BCUT2D eigenvalue weighted by Gasteiger charge is 2.28. The van der Waals surface area contributed by atoms with Crippen molar-refractivity contribution in [3.63, 3.8) is 0 Å². The van der Waals surface area contributed by atoms with Crippen LogP contribution in [0.1, 0.15) is 13.3 Å². The molecule has 122 valence electrons. The molecule has 1 atom stereocenters. The summed E-state index contributed by atoms with van der Waals surface area (Å²) in [5, 5.41) is 0. The van der Waals surface area contributed by atoms with Gasteiger partial charge in [-0.3, -0.25) is 4.79 Å². The number of halogens is 1. The Morgan fingerprint density at radius 1 is 1.36 bits per heavy atom. The maximum atomic E-state index is 12.9. The molecule has 1 saturated heterocycles. The molecular weight excluding hydrogens is 311 g/mol. The average Bonchev–Trinajstić information content (AvgIpc) is 2.47. The molecule has 0 radical (unpaired) electrons. The van der Waals surface area contributed by atoms with E-state index >= 15 is 0 Å². The Kier molecular flexibility index (Phi) is 5.49. The van der Waals surface area contributed by atoms with Gasteiger partial charge in [0.25, 0.3) is 5.91 Å². The van der Waals surface area contributed by atoms with Gasteiger partial charge in [0.05, 0.1) is 18.4 Å². The molecule has 1 fully saturated rings. The van der Waals surface area contributed by atoms with Crippen molar-refractivity contribution in [2.45, 2.75) is 19.4 Å². The molecule has 0 aromatic heterocycles. The highest BCUT2D eigenvalue weighted by molar-refractivity contribution is 7.89. The number of sulfonamides is 1. The fourth-order valence-electron chi connectivity index (χ4n) is 2.18. The summed E-state index contributed by atoms with van der Waals surface area (Å²) in [5.41, 5.74) is 0.566. The predicted octanol–water partition coefficient (Wildman–Crippen LogP) is 0.887. The number of hydrogen-bond donors (Lipinski definition) is 1. The molecule has 1 aromatic carbocycles. The minimum absolute atomic E-state index is 0.0559. The summed E-state index contributed by atoms with van der Waals surface area (Å²) in [4.78, 5) is 13.4. The number of rotatable bonds is 6. The predicted molar refractivity (Wildman–Crippen MR) is 80.6 cm³/mol. The summed E-state index contributed by atoms with van der Waals surface area (Å²) >= 11 is 0. The van der Waals surface area contributed by atoms with Gasteiger partial charge in [-0.05, 0) is 30.7 Å². The maximum Gasteiger partial charge on any atom is 0.253 e. The van der Waals surface area contributed by atoms with Crippen LogP contribution >= 0.6 is 0 Å². The summed E-state index contributed by atoms with van der Waals surface area (Å²) in [6, 6.07) is 5.57. The molecule has 22 heavy (non-hydrogen) atoms. The van der Waals surface area contributed by atoms with Gasteiger partial charge in [-0.25, -0.2) is 17.5 Å². The normalized spacial score (nSPS) is 19.5. The molecule has 1 aliphatic rings. The summed E-state index contributed by atoms with van der Waals surface area (Å²) in [6.45, 7) is 1.98. The van der Waals surface area contributed by atoms with Crippen LogP contribution in [0.2, 0.25) is 0 Å². The van der Waals surface area contributed by atoms with Gasteiger partial charge in [-0.1, -0.05) is 6.92 Å². The lowest BCUT2D eigenvalue weighted by Crippen LogP contribution is -2.50. The Bertz CT molecular complexity index is 618. The van der Waals surface area contributed by atoms with Crippen LogP contribution in [0.4, 0.5) is 10.1 Å². The van der Waals surface area contributed by atoms with Gasteiger partial charge in [0.15, 0.2) is 0 Å². The zero-order valence-electron chi connectivity index (χ0n) is 12.3. The number of nitrogens with zero attached hydrogens (tertiary/aromatic N) is 1. The van der Waals surface area contributed by atoms with Gasteiger partial charge >= 0.3 is 0 Å². The van der Waals surface area contributed by atoms with E-state index in [1.807, 2.05) is 0 Å². The smallest absolute Gasteiger partial charge is 0.253 e. The first kappa shape index (κ1) is 16.9. The van der Waals surface area contributed by atoms with Crippen molar-refractivity contribution in [2.24, 2.45) is 0 Å². The molecule has 6 nitrogen and oxygen atoms in total. The summed E-state index contributed by atoms with van der Waals surface area (Å²) in [7, 11) is -3.32. The standard InChI is InChI=1S/C14H19FN2O4S/c1-2-7-22(19,20)16-8-13-9-17(14(18)10-21-13)12-5-3-11(15)4-6-12/h3-6,13,16H,2,7-10H2,1H3. The molecule has 1 aliphatic heterocycles. The van der Waals surface area contributed by atoms with Gasteiger partial charge < -0.3 is 9.64 Å². The molecule has 0 aliphatic carbocycles. The third-order valence-electron chi connectivity index (χ3n) is 3.27. The fourth-order valence-corrected chi connectivity index (χ4v) is 3.30. The van der Waals surface area contributed by atoms with Gasteiger partial charge in [0.1, 0.15) is 12.4 Å². The van der Waals surface area contributed by atoms with Crippen LogP contribution in [0.5, 0.6) is 0 Å². The van der Waals surface area contributed by atoms with Gasteiger partial charge in [0.2, 0.25) is 10.0 Å². The van der Waals surface area contributed by atoms with Gasteiger partial charge in [-0.15, -0.1) is 0 Å². The van der Waals surface area contributed by atoms with Crippen molar-refractivity contribution in [1.82, 2.24) is 4.72 Å². The Hall–Kier alpha value is -1.51. The van der Waals surface area contributed by atoms with E-state index in [4.69, 9.17) is 4.74 Å². The SMILES string of the molecule is CCCS(=O)(=O)NCC1CN(c2ccc(F)cc2)C(=O)CO1. The number of morpholine rings is 1. The second kappa shape index (κ2) is 7.17. The molecule has 1 aromatic rings. The molecule has 8 heteroatoms. The van der Waals surface area contributed by atoms with Crippen molar-refractivity contribution in [1.29, 1.82) is 0 Å². The minimum atomic E-state index is -3.32. The molecule has 1 heterocycles. The quantitative estimate of drug-likeness (QED) is 0.840. The number of carbonyl (C=O) groups excluding carboxylic acids is 1. The molecule has 1 N–H and O–H groups in total. The third-order valence-corrected chi connectivity index (χ3v) is 4.82. The summed E-state index contributed by atoms with van der Waals surface area (Å²) in [6.07, 6.45) is 0.0931. The number of hydrogen-bond acceptors (Lipinski definition) is 4. The van der Waals surface area contributed by atoms with Crippen LogP contribution in [-0.2, 0) is 19.6 Å². The number of nitrogens with one attached hydrogen (secondary N) is 1. The van der Waals surface area contributed by atoms with E-state index in [1.54, 1.807) is 6.92 Å². The monoisotopic (exact) mass is 330 g/mol. The first-order valence-electron chi connectivity index (χ1n) is 7.06. The van der Waals surface area contributed by atoms with Crippen LogP contribution in [0.3, 0.4) is 0 Å². The largest absolute Gasteiger partial charge is 0.365 e. The number of carbonyl (C=O) groups is 1. The van der Waals surface area contributed by atoms with Gasteiger partial charge in [0, 0.05) is 12.2 Å². The number of ether oxygens (including phenoxy) is 1. The molecule has 1 unspecified atom stereocenters. The second-order valence-electron chi connectivity index (χ2n) is 5.08. The van der Waals surface area contributed by atoms with Crippen molar-refractivity contribution in [2.75, 3.05) is 30.3 Å². The van der Waals surface area contributed by atoms with Gasteiger partial charge in [-0.2, -0.15) is 0 Å². The van der Waals surface area contributed by atoms with E-state index in [1.165, 1.54) is 29.2 Å². The Balaban J connectivity index is 1.99. The Labute approximate surface area is 129 Å². The average molecular weight is 330 g/mol. The Morgan fingerprint density at radius 3 is 2.68 bits per heavy atom. The van der Waals surface area contributed by atoms with E-state index in [0.717, 1.165) is 0 Å². The number of amides is 1. The second-order valence-corrected chi connectivity index (χ2v) is 7.01. The van der Waals surface area contributed by atoms with Crippen molar-refractivity contribution in [3.8, 4) is 0 Å². The van der Waals surface area contributed by atoms with Crippen LogP contribution < -0.4 is 9.62 Å². The lowest BCUT2D eigenvalue weighted by atomic mass is 10.2. The zero-order chi connectivity index (χ0) is 16.2. The van der Waals surface area contributed by atoms with E-state index < -0.39 is 16.1 Å². The van der Waals surface area contributed by atoms with Crippen molar-refractivity contribution in [3.05, 3.63) is 30.1 Å². The summed E-state index contributed by atoms with van der Waals surface area (Å²) < 4.78 is 44.0. The molecule has 0 saturated carbocycles. The first-order valence-corrected chi connectivity index (χ1v) is 8.71. The highest BCUT2D eigenvalue weighted by atomic mass is 32.2. The maximum absolute atomic E-state index is 12.9. The summed E-state index contributed by atoms with van der Waals surface area (Å²) in [5.74, 6) is -0.562. The van der Waals surface area contributed by atoms with Crippen LogP contribution in [0.25, 0.3) is 0 Å². The van der Waals surface area contributed by atoms with Crippen LogP contribution in [0.15, 0.2) is 24.3 Å². The Morgan fingerprint density at radius 2 is 2.05 bits per heavy atom.